The number of nitrogens with two attached hydrogens (primary N) is 2. The normalized spacial score (nSPS) is 11.7. The first-order chi connectivity index (χ1) is 11.0. The minimum atomic E-state index is -0.400. The summed E-state index contributed by atoms with van der Waals surface area (Å²) in [6.07, 6.45) is 0. The van der Waals surface area contributed by atoms with Crippen molar-refractivity contribution in [2.45, 2.75) is 24.3 Å². The summed E-state index contributed by atoms with van der Waals surface area (Å²) >= 11 is 1.19. The number of nitrogens with one attached hydrogen (secondary N) is 1. The van der Waals surface area contributed by atoms with Crippen molar-refractivity contribution in [3.8, 4) is 5.75 Å². The van der Waals surface area contributed by atoms with E-state index in [0.29, 0.717) is 17.5 Å². The summed E-state index contributed by atoms with van der Waals surface area (Å²) < 4.78 is 5.36. The van der Waals surface area contributed by atoms with Crippen LogP contribution >= 0.6 is 11.8 Å². The van der Waals surface area contributed by atoms with Crippen molar-refractivity contribution in [2.24, 2.45) is 0 Å². The molecule has 0 saturated heterocycles. The van der Waals surface area contributed by atoms with Crippen molar-refractivity contribution in [2.75, 3.05) is 23.4 Å². The Morgan fingerprint density at radius 3 is 2.43 bits per heavy atom. The second-order valence-electron chi connectivity index (χ2n) is 4.71. The molecule has 0 radical (unpaired) electrons. The van der Waals surface area contributed by atoms with E-state index in [1.165, 1.54) is 17.8 Å². The molecule has 0 saturated carbocycles. The smallest absolute Gasteiger partial charge is 0.237 e. The van der Waals surface area contributed by atoms with E-state index in [9.17, 15) is 4.79 Å². The van der Waals surface area contributed by atoms with E-state index in [1.807, 2.05) is 6.92 Å². The van der Waals surface area contributed by atoms with Gasteiger partial charge in [0.25, 0.3) is 0 Å². The number of carbonyl (C=O) groups excluding carboxylic acids is 1. The van der Waals surface area contributed by atoms with Gasteiger partial charge in [0.15, 0.2) is 5.16 Å². The van der Waals surface area contributed by atoms with Gasteiger partial charge in [-0.05, 0) is 38.1 Å². The first kappa shape index (κ1) is 16.9. The van der Waals surface area contributed by atoms with Crippen molar-refractivity contribution in [3.63, 3.8) is 0 Å². The molecule has 0 bridgehead atoms. The molecule has 23 heavy (non-hydrogen) atoms. The number of nitrogens with zero attached hydrogens (tertiary/aromatic N) is 2. The van der Waals surface area contributed by atoms with E-state index in [4.69, 9.17) is 16.2 Å². The lowest BCUT2D eigenvalue weighted by atomic mass is 10.3. The van der Waals surface area contributed by atoms with Gasteiger partial charge in [0.1, 0.15) is 17.4 Å². The van der Waals surface area contributed by atoms with E-state index < -0.39 is 5.25 Å². The number of anilines is 3. The maximum atomic E-state index is 12.2. The number of ether oxygens (including phenoxy) is 1. The number of aromatic nitrogens is 2. The number of hydrogen-bond acceptors (Lipinski definition) is 7. The summed E-state index contributed by atoms with van der Waals surface area (Å²) in [7, 11) is 0. The van der Waals surface area contributed by atoms with Gasteiger partial charge in [-0.15, -0.1) is 0 Å². The van der Waals surface area contributed by atoms with Gasteiger partial charge < -0.3 is 21.5 Å². The summed E-state index contributed by atoms with van der Waals surface area (Å²) in [5.41, 5.74) is 11.9. The third-order valence-electron chi connectivity index (χ3n) is 2.83. The summed E-state index contributed by atoms with van der Waals surface area (Å²) in [6.45, 7) is 4.28. The Morgan fingerprint density at radius 2 is 1.87 bits per heavy atom. The molecule has 0 aliphatic carbocycles. The molecule has 2 aromatic rings. The van der Waals surface area contributed by atoms with Gasteiger partial charge >= 0.3 is 0 Å². The predicted octanol–water partition coefficient (Wildman–Crippen LogP) is 2.16. The van der Waals surface area contributed by atoms with Crippen LogP contribution in [0.25, 0.3) is 0 Å². The predicted molar refractivity (Wildman–Crippen MR) is 92.4 cm³/mol. The monoisotopic (exact) mass is 333 g/mol. The fourth-order valence-corrected chi connectivity index (χ4v) is 2.57. The number of hydrogen-bond donors (Lipinski definition) is 3. The maximum absolute atomic E-state index is 12.2. The van der Waals surface area contributed by atoms with Crippen LogP contribution in [0.15, 0.2) is 35.5 Å². The van der Waals surface area contributed by atoms with Crippen LogP contribution in [0.2, 0.25) is 0 Å². The molecular formula is C15H19N5O2S. The molecule has 0 unspecified atom stereocenters. The first-order valence-electron chi connectivity index (χ1n) is 7.08. The summed E-state index contributed by atoms with van der Waals surface area (Å²) in [6, 6.07) is 8.65. The Morgan fingerprint density at radius 1 is 1.26 bits per heavy atom. The van der Waals surface area contributed by atoms with Gasteiger partial charge in [-0.25, -0.2) is 9.97 Å². The number of carbonyl (C=O) groups is 1. The third-order valence-corrected chi connectivity index (χ3v) is 3.79. The molecule has 0 spiro atoms. The molecular weight excluding hydrogens is 314 g/mol. The zero-order valence-electron chi connectivity index (χ0n) is 12.9. The number of nitrogen functional groups attached to an aromatic ring is 2. The van der Waals surface area contributed by atoms with Crippen molar-refractivity contribution in [1.82, 2.24) is 9.97 Å². The van der Waals surface area contributed by atoms with Crippen LogP contribution in [0.4, 0.5) is 17.3 Å². The third kappa shape index (κ3) is 5.03. The highest BCUT2D eigenvalue weighted by Crippen LogP contribution is 2.23. The molecule has 1 heterocycles. The Labute approximate surface area is 138 Å². The average Bonchev–Trinajstić information content (AvgIpc) is 2.48. The standard InChI is InChI=1S/C15H19N5O2S/c1-3-22-11-6-4-10(5-7-11)18-14(21)9(2)23-15-19-12(16)8-13(17)20-15/h4-9H,3H2,1-2H3,(H,18,21)(H4,16,17,19,20)/t9-/m1/s1. The highest BCUT2D eigenvalue weighted by Gasteiger charge is 2.16. The lowest BCUT2D eigenvalue weighted by Gasteiger charge is -2.12. The van der Waals surface area contributed by atoms with Crippen LogP contribution in [0.1, 0.15) is 13.8 Å². The lowest BCUT2D eigenvalue weighted by Crippen LogP contribution is -2.22. The van der Waals surface area contributed by atoms with Gasteiger partial charge in [0, 0.05) is 11.8 Å². The Bertz CT molecular complexity index is 658. The SMILES string of the molecule is CCOc1ccc(NC(=O)[C@@H](C)Sc2nc(N)cc(N)n2)cc1. The minimum Gasteiger partial charge on any atom is -0.494 e. The highest BCUT2D eigenvalue weighted by molar-refractivity contribution is 8.00. The number of rotatable bonds is 6. The molecule has 1 aromatic heterocycles. The van der Waals surface area contributed by atoms with Crippen LogP contribution in [-0.2, 0) is 4.79 Å². The van der Waals surface area contributed by atoms with E-state index in [2.05, 4.69) is 15.3 Å². The fraction of sp³-hybridized carbons (Fsp3) is 0.267. The van der Waals surface area contributed by atoms with Gasteiger partial charge in [0.2, 0.25) is 5.91 Å². The van der Waals surface area contributed by atoms with Crippen LogP contribution in [0, 0.1) is 0 Å². The zero-order chi connectivity index (χ0) is 16.8. The lowest BCUT2D eigenvalue weighted by molar-refractivity contribution is -0.115. The molecule has 1 amide bonds. The first-order valence-corrected chi connectivity index (χ1v) is 7.96. The second kappa shape index (κ2) is 7.68. The summed E-state index contributed by atoms with van der Waals surface area (Å²) in [5.74, 6) is 1.15. The number of amides is 1. The van der Waals surface area contributed by atoms with E-state index in [0.717, 1.165) is 5.75 Å². The van der Waals surface area contributed by atoms with Gasteiger partial charge in [-0.1, -0.05) is 11.8 Å². The molecule has 2 rings (SSSR count). The molecule has 0 aliphatic heterocycles. The maximum Gasteiger partial charge on any atom is 0.237 e. The molecule has 0 aliphatic rings. The van der Waals surface area contributed by atoms with Crippen molar-refractivity contribution in [3.05, 3.63) is 30.3 Å². The molecule has 7 nitrogen and oxygen atoms in total. The molecule has 1 atom stereocenters. The van der Waals surface area contributed by atoms with Crippen LogP contribution in [0.3, 0.4) is 0 Å². The molecule has 1 aromatic carbocycles. The molecule has 122 valence electrons. The Balaban J connectivity index is 1.96. The van der Waals surface area contributed by atoms with Gasteiger partial charge in [-0.3, -0.25) is 4.79 Å². The van der Waals surface area contributed by atoms with E-state index in [1.54, 1.807) is 31.2 Å². The molecule has 0 fully saturated rings. The fourth-order valence-electron chi connectivity index (χ4n) is 1.77. The second-order valence-corrected chi connectivity index (χ2v) is 6.01. The Hall–Kier alpha value is -2.48. The van der Waals surface area contributed by atoms with Gasteiger partial charge in [0.05, 0.1) is 11.9 Å². The van der Waals surface area contributed by atoms with Gasteiger partial charge in [-0.2, -0.15) is 0 Å². The zero-order valence-corrected chi connectivity index (χ0v) is 13.8. The topological polar surface area (TPSA) is 116 Å². The van der Waals surface area contributed by atoms with Crippen molar-refractivity contribution >= 4 is 35.0 Å². The number of benzene rings is 1. The van der Waals surface area contributed by atoms with Crippen LogP contribution < -0.4 is 21.5 Å². The number of thioether (sulfide) groups is 1. The highest BCUT2D eigenvalue weighted by atomic mass is 32.2. The Kier molecular flexibility index (Phi) is 5.64. The van der Waals surface area contributed by atoms with Crippen LogP contribution in [0.5, 0.6) is 5.75 Å². The molecule has 8 heteroatoms. The largest absolute Gasteiger partial charge is 0.494 e. The van der Waals surface area contributed by atoms with Crippen molar-refractivity contribution in [1.29, 1.82) is 0 Å². The van der Waals surface area contributed by atoms with Crippen LogP contribution in [-0.4, -0.2) is 27.7 Å². The average molecular weight is 333 g/mol. The molecule has 5 N–H and O–H groups in total. The summed E-state index contributed by atoms with van der Waals surface area (Å²) in [5, 5.41) is 2.80. The van der Waals surface area contributed by atoms with Crippen molar-refractivity contribution < 1.29 is 9.53 Å². The minimum absolute atomic E-state index is 0.163. The van der Waals surface area contributed by atoms with E-state index >= 15 is 0 Å². The van der Waals surface area contributed by atoms with E-state index in [-0.39, 0.29) is 17.5 Å². The quantitative estimate of drug-likeness (QED) is 0.548. The summed E-state index contributed by atoms with van der Waals surface area (Å²) in [4.78, 5) is 20.3.